The highest BCUT2D eigenvalue weighted by Gasteiger charge is 2.28. The van der Waals surface area contributed by atoms with Crippen LogP contribution >= 0.6 is 0 Å². The van der Waals surface area contributed by atoms with Crippen LogP contribution in [-0.4, -0.2) is 17.5 Å². The fraction of sp³-hybridized carbons (Fsp3) is 0.875. The average Bonchev–Trinajstić information content (AvgIpc) is 2.63. The Morgan fingerprint density at radius 3 is 2.50 bits per heavy atom. The summed E-state index contributed by atoms with van der Waals surface area (Å²) in [7, 11) is 0. The molecule has 0 heterocycles. The van der Waals surface area contributed by atoms with E-state index in [-0.39, 0.29) is 0 Å². The molecule has 2 nitrogen and oxygen atoms in total. The lowest BCUT2D eigenvalue weighted by atomic mass is 10.2. The molecule has 0 bridgehead atoms. The zero-order valence-corrected chi connectivity index (χ0v) is 6.67. The highest BCUT2D eigenvalue weighted by molar-refractivity contribution is 4.91. The minimum absolute atomic E-state index is 0.590. The Balaban J connectivity index is 2.28. The molecule has 1 aliphatic rings. The topological polar surface area (TPSA) is 27.0 Å². The Bertz CT molecular complexity index is 142. The fourth-order valence-corrected chi connectivity index (χ4v) is 1.05. The summed E-state index contributed by atoms with van der Waals surface area (Å²) in [4.78, 5) is 1.91. The number of nitrogens with zero attached hydrogens (tertiary/aromatic N) is 2. The van der Waals surface area contributed by atoms with Gasteiger partial charge in [-0.15, -0.1) is 0 Å². The van der Waals surface area contributed by atoms with Crippen LogP contribution in [0.1, 0.15) is 26.7 Å². The van der Waals surface area contributed by atoms with E-state index in [1.54, 1.807) is 0 Å². The third kappa shape index (κ3) is 1.91. The summed E-state index contributed by atoms with van der Waals surface area (Å²) < 4.78 is 0. The Labute approximate surface area is 62.4 Å². The first-order chi connectivity index (χ1) is 4.74. The normalized spacial score (nSPS) is 17.0. The van der Waals surface area contributed by atoms with E-state index in [4.69, 9.17) is 5.26 Å². The molecular formula is C8H14N2. The molecule has 0 radical (unpaired) electrons. The van der Waals surface area contributed by atoms with Gasteiger partial charge in [0.2, 0.25) is 0 Å². The number of hydrogen-bond acceptors (Lipinski definition) is 2. The average molecular weight is 138 g/mol. The SMILES string of the molecule is CC(C)CN(C#N)C1CC1. The summed E-state index contributed by atoms with van der Waals surface area (Å²) in [6.07, 6.45) is 4.67. The molecule has 56 valence electrons. The smallest absolute Gasteiger partial charge is 0.179 e. The van der Waals surface area contributed by atoms with Crippen molar-refractivity contribution in [3.63, 3.8) is 0 Å². The highest BCUT2D eigenvalue weighted by Crippen LogP contribution is 2.26. The molecule has 0 spiro atoms. The van der Waals surface area contributed by atoms with Crippen molar-refractivity contribution in [3.8, 4) is 6.19 Å². The Morgan fingerprint density at radius 2 is 2.20 bits per heavy atom. The van der Waals surface area contributed by atoms with Gasteiger partial charge in [-0.1, -0.05) is 13.8 Å². The Hall–Kier alpha value is -0.710. The highest BCUT2D eigenvalue weighted by atomic mass is 15.2. The standard InChI is InChI=1S/C8H14N2/c1-7(2)5-10(6-9)8-3-4-8/h7-8H,3-5H2,1-2H3. The van der Waals surface area contributed by atoms with Gasteiger partial charge < -0.3 is 4.90 Å². The van der Waals surface area contributed by atoms with Crippen LogP contribution in [0.4, 0.5) is 0 Å². The molecule has 1 aliphatic carbocycles. The minimum atomic E-state index is 0.590. The monoisotopic (exact) mass is 138 g/mol. The van der Waals surface area contributed by atoms with E-state index in [9.17, 15) is 0 Å². The van der Waals surface area contributed by atoms with E-state index in [1.807, 2.05) is 4.90 Å². The lowest BCUT2D eigenvalue weighted by Gasteiger charge is -2.16. The molecule has 0 atom stereocenters. The molecule has 0 saturated heterocycles. The van der Waals surface area contributed by atoms with Gasteiger partial charge >= 0.3 is 0 Å². The lowest BCUT2D eigenvalue weighted by molar-refractivity contribution is 0.335. The molecule has 0 aliphatic heterocycles. The zero-order valence-electron chi connectivity index (χ0n) is 6.67. The molecular weight excluding hydrogens is 124 g/mol. The zero-order chi connectivity index (χ0) is 7.56. The summed E-state index contributed by atoms with van der Waals surface area (Å²) >= 11 is 0. The van der Waals surface area contributed by atoms with Crippen LogP contribution in [-0.2, 0) is 0 Å². The van der Waals surface area contributed by atoms with Gasteiger partial charge in [-0.25, -0.2) is 0 Å². The van der Waals surface area contributed by atoms with Gasteiger partial charge in [-0.3, -0.25) is 0 Å². The molecule has 0 amide bonds. The number of rotatable bonds is 3. The number of hydrogen-bond donors (Lipinski definition) is 0. The molecule has 1 fully saturated rings. The molecule has 0 unspecified atom stereocenters. The van der Waals surface area contributed by atoms with E-state index in [0.717, 1.165) is 6.54 Å². The van der Waals surface area contributed by atoms with Gasteiger partial charge in [0.15, 0.2) is 6.19 Å². The molecule has 1 rings (SSSR count). The van der Waals surface area contributed by atoms with Crippen molar-refractivity contribution in [1.29, 1.82) is 5.26 Å². The van der Waals surface area contributed by atoms with Crippen molar-refractivity contribution in [3.05, 3.63) is 0 Å². The van der Waals surface area contributed by atoms with Crippen molar-refractivity contribution >= 4 is 0 Å². The first kappa shape index (κ1) is 7.40. The van der Waals surface area contributed by atoms with Crippen LogP contribution in [0.15, 0.2) is 0 Å². The predicted octanol–water partition coefficient (Wildman–Crippen LogP) is 1.59. The molecule has 0 aromatic heterocycles. The summed E-state index contributed by atoms with van der Waals surface area (Å²) in [6.45, 7) is 5.22. The summed E-state index contributed by atoms with van der Waals surface area (Å²) in [5, 5.41) is 8.66. The van der Waals surface area contributed by atoms with Crippen molar-refractivity contribution in [2.45, 2.75) is 32.7 Å². The Morgan fingerprint density at radius 1 is 1.60 bits per heavy atom. The van der Waals surface area contributed by atoms with Crippen molar-refractivity contribution < 1.29 is 0 Å². The van der Waals surface area contributed by atoms with Crippen LogP contribution in [0, 0.1) is 17.4 Å². The second-order valence-corrected chi connectivity index (χ2v) is 3.38. The lowest BCUT2D eigenvalue weighted by Crippen LogP contribution is -2.24. The van der Waals surface area contributed by atoms with Gasteiger partial charge in [-0.2, -0.15) is 5.26 Å². The predicted molar refractivity (Wildman–Crippen MR) is 40.2 cm³/mol. The van der Waals surface area contributed by atoms with Crippen molar-refractivity contribution in [2.75, 3.05) is 6.54 Å². The van der Waals surface area contributed by atoms with Crippen LogP contribution in [0.5, 0.6) is 0 Å². The van der Waals surface area contributed by atoms with Gasteiger partial charge in [0.05, 0.1) is 0 Å². The van der Waals surface area contributed by atoms with Gasteiger partial charge in [0.1, 0.15) is 0 Å². The maximum absolute atomic E-state index is 8.66. The molecule has 0 aromatic rings. The molecule has 0 aromatic carbocycles. The summed E-state index contributed by atoms with van der Waals surface area (Å²) in [5.74, 6) is 0.611. The van der Waals surface area contributed by atoms with Gasteiger partial charge in [0, 0.05) is 12.6 Å². The van der Waals surface area contributed by atoms with Crippen molar-refractivity contribution in [1.82, 2.24) is 4.90 Å². The van der Waals surface area contributed by atoms with Gasteiger partial charge in [0.25, 0.3) is 0 Å². The van der Waals surface area contributed by atoms with E-state index in [2.05, 4.69) is 20.0 Å². The number of nitriles is 1. The minimum Gasteiger partial charge on any atom is -0.307 e. The maximum atomic E-state index is 8.66. The van der Waals surface area contributed by atoms with E-state index in [1.165, 1.54) is 12.8 Å². The molecule has 2 heteroatoms. The largest absolute Gasteiger partial charge is 0.307 e. The van der Waals surface area contributed by atoms with Crippen LogP contribution in [0.25, 0.3) is 0 Å². The summed E-state index contributed by atoms with van der Waals surface area (Å²) in [5.41, 5.74) is 0. The van der Waals surface area contributed by atoms with Gasteiger partial charge in [-0.05, 0) is 18.8 Å². The maximum Gasteiger partial charge on any atom is 0.179 e. The second kappa shape index (κ2) is 2.92. The summed E-state index contributed by atoms with van der Waals surface area (Å²) in [6, 6.07) is 0.590. The third-order valence-electron chi connectivity index (χ3n) is 1.68. The third-order valence-corrected chi connectivity index (χ3v) is 1.68. The van der Waals surface area contributed by atoms with Crippen LogP contribution in [0.2, 0.25) is 0 Å². The quantitative estimate of drug-likeness (QED) is 0.437. The molecule has 0 N–H and O–H groups in total. The van der Waals surface area contributed by atoms with Crippen molar-refractivity contribution in [2.24, 2.45) is 5.92 Å². The van der Waals surface area contributed by atoms with E-state index in [0.29, 0.717) is 12.0 Å². The molecule has 10 heavy (non-hydrogen) atoms. The van der Waals surface area contributed by atoms with E-state index < -0.39 is 0 Å². The Kier molecular flexibility index (Phi) is 2.16. The van der Waals surface area contributed by atoms with Crippen LogP contribution in [0.3, 0.4) is 0 Å². The second-order valence-electron chi connectivity index (χ2n) is 3.38. The first-order valence-corrected chi connectivity index (χ1v) is 3.90. The first-order valence-electron chi connectivity index (χ1n) is 3.90. The fourth-order valence-electron chi connectivity index (χ4n) is 1.05. The molecule has 1 saturated carbocycles. The van der Waals surface area contributed by atoms with E-state index >= 15 is 0 Å². The van der Waals surface area contributed by atoms with Crippen LogP contribution < -0.4 is 0 Å².